The van der Waals surface area contributed by atoms with E-state index in [1.54, 1.807) is 12.1 Å². The number of benzene rings is 4. The van der Waals surface area contributed by atoms with Crippen molar-refractivity contribution in [2.75, 3.05) is 4.90 Å². The maximum atomic E-state index is 9.93. The van der Waals surface area contributed by atoms with Crippen LogP contribution >= 0.6 is 0 Å². The van der Waals surface area contributed by atoms with Crippen molar-refractivity contribution >= 4 is 29.6 Å². The summed E-state index contributed by atoms with van der Waals surface area (Å²) in [5.41, 5.74) is 4.75. The van der Waals surface area contributed by atoms with Crippen molar-refractivity contribution in [3.05, 3.63) is 109 Å². The summed E-state index contributed by atoms with van der Waals surface area (Å²) in [6, 6.07) is 35.0. The highest BCUT2D eigenvalue weighted by Gasteiger charge is 2.24. The Morgan fingerprint density at radius 1 is 0.700 bits per heavy atom. The van der Waals surface area contributed by atoms with Gasteiger partial charge in [-0.3, -0.25) is 0 Å². The summed E-state index contributed by atoms with van der Waals surface area (Å²) in [5, 5.41) is 29.5. The molecule has 4 rings (SSSR count). The van der Waals surface area contributed by atoms with Gasteiger partial charge in [0.1, 0.15) is 0 Å². The average molecular weight is 390 g/mol. The van der Waals surface area contributed by atoms with E-state index < -0.39 is 7.12 Å². The van der Waals surface area contributed by atoms with Gasteiger partial charge < -0.3 is 14.9 Å². The molecule has 0 spiro atoms. The van der Waals surface area contributed by atoms with Gasteiger partial charge in [0, 0.05) is 22.4 Å². The fourth-order valence-electron chi connectivity index (χ4n) is 3.53. The van der Waals surface area contributed by atoms with Gasteiger partial charge in [0.25, 0.3) is 0 Å². The van der Waals surface area contributed by atoms with Crippen LogP contribution in [-0.4, -0.2) is 17.2 Å². The summed E-state index contributed by atoms with van der Waals surface area (Å²) in [5.74, 6) is 0. The second-order valence-electron chi connectivity index (χ2n) is 6.81. The van der Waals surface area contributed by atoms with Gasteiger partial charge in [-0.25, -0.2) is 0 Å². The van der Waals surface area contributed by atoms with Crippen molar-refractivity contribution < 1.29 is 10.0 Å². The molecule has 0 saturated carbocycles. The van der Waals surface area contributed by atoms with Crippen LogP contribution in [-0.2, 0) is 0 Å². The van der Waals surface area contributed by atoms with Crippen LogP contribution in [0.4, 0.5) is 17.1 Å². The van der Waals surface area contributed by atoms with Crippen LogP contribution in [0.1, 0.15) is 5.56 Å². The smallest absolute Gasteiger partial charge is 0.423 e. The Balaban J connectivity index is 2.05. The lowest BCUT2D eigenvalue weighted by atomic mass is 9.75. The minimum absolute atomic E-state index is 0.170. The van der Waals surface area contributed by atoms with E-state index in [-0.39, 0.29) is 11.0 Å². The third-order valence-electron chi connectivity index (χ3n) is 4.92. The zero-order valence-electron chi connectivity index (χ0n) is 16.2. The lowest BCUT2D eigenvalue weighted by Crippen LogP contribution is -2.33. The lowest BCUT2D eigenvalue weighted by molar-refractivity contribution is 0.425. The van der Waals surface area contributed by atoms with Crippen molar-refractivity contribution in [2.24, 2.45) is 0 Å². The quantitative estimate of drug-likeness (QED) is 0.497. The van der Waals surface area contributed by atoms with E-state index in [9.17, 15) is 15.3 Å². The number of anilines is 3. The summed E-state index contributed by atoms with van der Waals surface area (Å²) in [6.07, 6.45) is 0. The summed E-state index contributed by atoms with van der Waals surface area (Å²) in [4.78, 5) is 2.05. The molecule has 0 unspecified atom stereocenters. The highest BCUT2D eigenvalue weighted by atomic mass is 16.4. The standard InChI is InChI=1S/C25H19BN2O2/c27-18-20-16-23(19-10-4-1-5-11-19)25(17-24(20)26(29)30)28(21-12-6-2-7-13-21)22-14-8-3-9-15-22/h1-17,29-30H. The molecule has 0 fully saturated rings. The predicted octanol–water partition coefficient (Wildman–Crippen LogP) is 4.37. The molecule has 0 bridgehead atoms. The van der Waals surface area contributed by atoms with Gasteiger partial charge in [-0.05, 0) is 42.0 Å². The Morgan fingerprint density at radius 2 is 1.20 bits per heavy atom. The highest BCUT2D eigenvalue weighted by Crippen LogP contribution is 2.40. The third-order valence-corrected chi connectivity index (χ3v) is 4.92. The van der Waals surface area contributed by atoms with Crippen molar-refractivity contribution in [1.29, 1.82) is 5.26 Å². The van der Waals surface area contributed by atoms with Crippen LogP contribution in [0.5, 0.6) is 0 Å². The van der Waals surface area contributed by atoms with Crippen LogP contribution < -0.4 is 10.4 Å². The van der Waals surface area contributed by atoms with Crippen LogP contribution in [0.3, 0.4) is 0 Å². The first-order chi connectivity index (χ1) is 14.7. The molecule has 0 saturated heterocycles. The summed E-state index contributed by atoms with van der Waals surface area (Å²) in [6.45, 7) is 0. The zero-order chi connectivity index (χ0) is 20.9. The molecule has 0 aliphatic heterocycles. The number of para-hydroxylation sites is 2. The van der Waals surface area contributed by atoms with E-state index in [2.05, 4.69) is 11.0 Å². The predicted molar refractivity (Wildman–Crippen MR) is 121 cm³/mol. The number of nitrogens with zero attached hydrogens (tertiary/aromatic N) is 2. The zero-order valence-corrected chi connectivity index (χ0v) is 16.2. The first-order valence-electron chi connectivity index (χ1n) is 9.59. The molecule has 30 heavy (non-hydrogen) atoms. The van der Waals surface area contributed by atoms with Gasteiger partial charge in [-0.1, -0.05) is 66.7 Å². The van der Waals surface area contributed by atoms with E-state index in [1.165, 1.54) is 0 Å². The van der Waals surface area contributed by atoms with Crippen LogP contribution in [0.15, 0.2) is 103 Å². The number of rotatable bonds is 5. The molecule has 0 aliphatic rings. The maximum absolute atomic E-state index is 9.93. The molecule has 5 heteroatoms. The second-order valence-corrected chi connectivity index (χ2v) is 6.81. The fourth-order valence-corrected chi connectivity index (χ4v) is 3.53. The molecule has 2 N–H and O–H groups in total. The SMILES string of the molecule is N#Cc1cc(-c2ccccc2)c(N(c2ccccc2)c2ccccc2)cc1B(O)O. The molecule has 4 nitrogen and oxygen atoms in total. The molecule has 0 amide bonds. The Labute approximate surface area is 176 Å². The molecule has 4 aromatic rings. The molecular formula is C25H19BN2O2. The van der Waals surface area contributed by atoms with E-state index in [4.69, 9.17) is 0 Å². The van der Waals surface area contributed by atoms with Gasteiger partial charge in [0.15, 0.2) is 0 Å². The minimum Gasteiger partial charge on any atom is -0.423 e. The molecule has 0 atom stereocenters. The maximum Gasteiger partial charge on any atom is 0.489 e. The topological polar surface area (TPSA) is 67.5 Å². The van der Waals surface area contributed by atoms with Gasteiger partial charge in [0.2, 0.25) is 0 Å². The first kappa shape index (κ1) is 19.5. The number of hydrogen-bond donors (Lipinski definition) is 2. The van der Waals surface area contributed by atoms with E-state index in [1.807, 2.05) is 91.0 Å². The van der Waals surface area contributed by atoms with E-state index >= 15 is 0 Å². The summed E-state index contributed by atoms with van der Waals surface area (Å²) < 4.78 is 0. The van der Waals surface area contributed by atoms with E-state index in [0.717, 1.165) is 28.2 Å². The van der Waals surface area contributed by atoms with Crippen LogP contribution in [0.25, 0.3) is 11.1 Å². The Kier molecular flexibility index (Phi) is 5.62. The average Bonchev–Trinajstić information content (AvgIpc) is 2.81. The normalized spacial score (nSPS) is 10.3. The molecule has 0 aliphatic carbocycles. The first-order valence-corrected chi connectivity index (χ1v) is 9.59. The monoisotopic (exact) mass is 390 g/mol. The molecule has 0 aromatic heterocycles. The number of nitriles is 1. The Morgan fingerprint density at radius 3 is 1.67 bits per heavy atom. The van der Waals surface area contributed by atoms with E-state index in [0.29, 0.717) is 0 Å². The van der Waals surface area contributed by atoms with Gasteiger partial charge >= 0.3 is 7.12 Å². The third kappa shape index (κ3) is 3.83. The molecule has 144 valence electrons. The highest BCUT2D eigenvalue weighted by molar-refractivity contribution is 6.59. The molecule has 0 heterocycles. The van der Waals surface area contributed by atoms with Crippen molar-refractivity contribution in [3.63, 3.8) is 0 Å². The summed E-state index contributed by atoms with van der Waals surface area (Å²) >= 11 is 0. The number of hydrogen-bond acceptors (Lipinski definition) is 4. The molecule has 0 radical (unpaired) electrons. The Hall–Kier alpha value is -3.85. The second kappa shape index (κ2) is 8.67. The Bertz CT molecular complexity index is 1130. The largest absolute Gasteiger partial charge is 0.489 e. The van der Waals surface area contributed by atoms with Crippen LogP contribution in [0.2, 0.25) is 0 Å². The van der Waals surface area contributed by atoms with Gasteiger partial charge in [0.05, 0.1) is 17.3 Å². The fraction of sp³-hybridized carbons (Fsp3) is 0. The lowest BCUT2D eigenvalue weighted by Gasteiger charge is -2.28. The van der Waals surface area contributed by atoms with Gasteiger partial charge in [-0.2, -0.15) is 5.26 Å². The summed E-state index contributed by atoms with van der Waals surface area (Å²) in [7, 11) is -1.75. The van der Waals surface area contributed by atoms with Crippen molar-refractivity contribution in [2.45, 2.75) is 0 Å². The van der Waals surface area contributed by atoms with Crippen LogP contribution in [0, 0.1) is 11.3 Å². The van der Waals surface area contributed by atoms with Crippen molar-refractivity contribution in [1.82, 2.24) is 0 Å². The minimum atomic E-state index is -1.75. The van der Waals surface area contributed by atoms with Crippen molar-refractivity contribution in [3.8, 4) is 17.2 Å². The molecule has 4 aromatic carbocycles. The molecular weight excluding hydrogens is 371 g/mol. The van der Waals surface area contributed by atoms with Gasteiger partial charge in [-0.15, -0.1) is 0 Å².